The molecule has 0 atom stereocenters. The van der Waals surface area contributed by atoms with Gasteiger partial charge in [-0.3, -0.25) is 9.58 Å². The standard InChI is InChI=1S/C23H33ClN8O2S/c1-17-21(22(24)30(4)28-17)35(33,34)32-14-12-31(13-15-32)16-20-26-19-9-6-5-8-18(19)23(27-20)25-10-7-11-29(2)3/h5-6,8-9H,7,10-16H2,1-4H3,(H,25,26,27). The van der Waals surface area contributed by atoms with Crippen molar-refractivity contribution in [2.45, 2.75) is 24.8 Å². The van der Waals surface area contributed by atoms with Gasteiger partial charge < -0.3 is 10.2 Å². The average Bonchev–Trinajstić information content (AvgIpc) is 3.08. The molecule has 1 aliphatic rings. The van der Waals surface area contributed by atoms with E-state index in [1.165, 1.54) is 8.99 Å². The summed E-state index contributed by atoms with van der Waals surface area (Å²) < 4.78 is 29.3. The Labute approximate surface area is 211 Å². The average molecular weight is 521 g/mol. The van der Waals surface area contributed by atoms with Gasteiger partial charge in [0.15, 0.2) is 0 Å². The topological polar surface area (TPSA) is 99.5 Å². The molecule has 10 nitrogen and oxygen atoms in total. The molecule has 0 amide bonds. The summed E-state index contributed by atoms with van der Waals surface area (Å²) in [7, 11) is 2.06. The van der Waals surface area contributed by atoms with Gasteiger partial charge in [0.25, 0.3) is 0 Å². The van der Waals surface area contributed by atoms with Crippen molar-refractivity contribution in [2.24, 2.45) is 7.05 Å². The summed E-state index contributed by atoms with van der Waals surface area (Å²) in [5.74, 6) is 1.56. The quantitative estimate of drug-likeness (QED) is 0.429. The fourth-order valence-corrected chi connectivity index (χ4v) is 6.42. The summed E-state index contributed by atoms with van der Waals surface area (Å²) in [4.78, 5) is 14.0. The van der Waals surface area contributed by atoms with E-state index in [9.17, 15) is 8.42 Å². The van der Waals surface area contributed by atoms with E-state index < -0.39 is 10.0 Å². The SMILES string of the molecule is Cc1nn(C)c(Cl)c1S(=O)(=O)N1CCN(Cc2nc(NCCCN(C)C)c3ccccc3n2)CC1. The molecule has 3 aromatic rings. The van der Waals surface area contributed by atoms with Crippen LogP contribution in [0.3, 0.4) is 0 Å². The van der Waals surface area contributed by atoms with E-state index in [1.807, 2.05) is 24.3 Å². The van der Waals surface area contributed by atoms with Crippen LogP contribution in [0.2, 0.25) is 5.15 Å². The molecule has 1 N–H and O–H groups in total. The van der Waals surface area contributed by atoms with Gasteiger partial charge in [0.05, 0.1) is 17.8 Å². The number of aryl methyl sites for hydroxylation is 2. The second-order valence-corrected chi connectivity index (χ2v) is 11.3. The van der Waals surface area contributed by atoms with Crippen LogP contribution >= 0.6 is 11.6 Å². The summed E-state index contributed by atoms with van der Waals surface area (Å²) in [6.07, 6.45) is 1.01. The van der Waals surface area contributed by atoms with Crippen molar-refractivity contribution in [2.75, 3.05) is 58.7 Å². The number of aromatic nitrogens is 4. The number of halogens is 1. The van der Waals surface area contributed by atoms with Crippen molar-refractivity contribution in [3.63, 3.8) is 0 Å². The number of hydrogen-bond acceptors (Lipinski definition) is 8. The summed E-state index contributed by atoms with van der Waals surface area (Å²) in [5, 5.41) is 8.77. The second kappa shape index (κ2) is 10.8. The predicted molar refractivity (Wildman–Crippen MR) is 138 cm³/mol. The van der Waals surface area contributed by atoms with Gasteiger partial charge in [0, 0.05) is 45.2 Å². The van der Waals surface area contributed by atoms with E-state index in [0.29, 0.717) is 38.4 Å². The first kappa shape index (κ1) is 25.8. The van der Waals surface area contributed by atoms with Crippen LogP contribution in [0.25, 0.3) is 10.9 Å². The number of para-hydroxylation sites is 1. The maximum absolute atomic E-state index is 13.2. The van der Waals surface area contributed by atoms with Crippen molar-refractivity contribution < 1.29 is 8.42 Å². The molecule has 0 unspecified atom stereocenters. The summed E-state index contributed by atoms with van der Waals surface area (Å²) in [5.41, 5.74) is 1.31. The van der Waals surface area contributed by atoms with Crippen LogP contribution in [0.1, 0.15) is 17.9 Å². The van der Waals surface area contributed by atoms with Crippen molar-refractivity contribution in [3.8, 4) is 0 Å². The highest BCUT2D eigenvalue weighted by atomic mass is 35.5. The zero-order valence-electron chi connectivity index (χ0n) is 20.7. The van der Waals surface area contributed by atoms with Crippen LogP contribution in [0.5, 0.6) is 0 Å². The Kier molecular flexibility index (Phi) is 7.92. The monoisotopic (exact) mass is 520 g/mol. The fourth-order valence-electron chi connectivity index (χ4n) is 4.29. The molecule has 0 radical (unpaired) electrons. The Morgan fingerprint density at radius 3 is 2.49 bits per heavy atom. The summed E-state index contributed by atoms with van der Waals surface area (Å²) in [6.45, 7) is 5.95. The van der Waals surface area contributed by atoms with Crippen molar-refractivity contribution >= 4 is 38.3 Å². The van der Waals surface area contributed by atoms with E-state index in [2.05, 4.69) is 34.3 Å². The first-order valence-electron chi connectivity index (χ1n) is 11.7. The van der Waals surface area contributed by atoms with Crippen LogP contribution in [0, 0.1) is 6.92 Å². The summed E-state index contributed by atoms with van der Waals surface area (Å²) >= 11 is 6.24. The molecule has 1 saturated heterocycles. The molecule has 0 spiro atoms. The smallest absolute Gasteiger partial charge is 0.248 e. The number of piperazine rings is 1. The molecule has 35 heavy (non-hydrogen) atoms. The minimum atomic E-state index is -3.71. The lowest BCUT2D eigenvalue weighted by molar-refractivity contribution is 0.178. The molecule has 4 rings (SSSR count). The fraction of sp³-hybridized carbons (Fsp3) is 0.522. The minimum absolute atomic E-state index is 0.0953. The van der Waals surface area contributed by atoms with Gasteiger partial charge in [-0.05, 0) is 46.1 Å². The number of nitrogens with zero attached hydrogens (tertiary/aromatic N) is 7. The Morgan fingerprint density at radius 1 is 1.11 bits per heavy atom. The number of rotatable bonds is 9. The first-order valence-corrected chi connectivity index (χ1v) is 13.5. The Hall–Kier alpha value is -2.31. The van der Waals surface area contributed by atoms with E-state index in [1.54, 1.807) is 14.0 Å². The molecule has 12 heteroatoms. The molecule has 0 aliphatic carbocycles. The number of sulfonamides is 1. The van der Waals surface area contributed by atoms with Crippen LogP contribution in [-0.4, -0.2) is 95.6 Å². The van der Waals surface area contributed by atoms with Crippen molar-refractivity contribution in [3.05, 3.63) is 40.9 Å². The lowest BCUT2D eigenvalue weighted by atomic mass is 10.2. The molecule has 1 aromatic carbocycles. The molecule has 0 bridgehead atoms. The van der Waals surface area contributed by atoms with Crippen LogP contribution in [0.15, 0.2) is 29.2 Å². The minimum Gasteiger partial charge on any atom is -0.369 e. The highest BCUT2D eigenvalue weighted by Crippen LogP contribution is 2.28. The van der Waals surface area contributed by atoms with Gasteiger partial charge in [-0.2, -0.15) is 9.40 Å². The van der Waals surface area contributed by atoms with Gasteiger partial charge in [-0.1, -0.05) is 23.7 Å². The van der Waals surface area contributed by atoms with E-state index in [0.717, 1.165) is 42.1 Å². The van der Waals surface area contributed by atoms with E-state index in [-0.39, 0.29) is 10.0 Å². The lowest BCUT2D eigenvalue weighted by Gasteiger charge is -2.33. The maximum Gasteiger partial charge on any atom is 0.248 e. The van der Waals surface area contributed by atoms with Gasteiger partial charge in [0.1, 0.15) is 21.7 Å². The van der Waals surface area contributed by atoms with Crippen molar-refractivity contribution in [1.29, 1.82) is 0 Å². The van der Waals surface area contributed by atoms with Gasteiger partial charge in [-0.15, -0.1) is 0 Å². The number of benzene rings is 1. The van der Waals surface area contributed by atoms with Crippen molar-refractivity contribution in [1.82, 2.24) is 33.9 Å². The predicted octanol–water partition coefficient (Wildman–Crippen LogP) is 2.20. The molecule has 1 fully saturated rings. The lowest BCUT2D eigenvalue weighted by Crippen LogP contribution is -2.48. The maximum atomic E-state index is 13.2. The van der Waals surface area contributed by atoms with E-state index >= 15 is 0 Å². The molecular weight excluding hydrogens is 488 g/mol. The number of fused-ring (bicyclic) bond motifs is 1. The zero-order valence-corrected chi connectivity index (χ0v) is 22.3. The number of nitrogens with one attached hydrogen (secondary N) is 1. The molecule has 190 valence electrons. The van der Waals surface area contributed by atoms with Crippen LogP contribution < -0.4 is 5.32 Å². The van der Waals surface area contributed by atoms with Crippen LogP contribution in [-0.2, 0) is 23.6 Å². The molecule has 3 heterocycles. The Morgan fingerprint density at radius 2 is 1.83 bits per heavy atom. The van der Waals surface area contributed by atoms with Crippen LogP contribution in [0.4, 0.5) is 5.82 Å². The third-order valence-corrected chi connectivity index (χ3v) is 8.71. The third kappa shape index (κ3) is 5.75. The third-order valence-electron chi connectivity index (χ3n) is 6.12. The Bertz CT molecular complexity index is 1290. The summed E-state index contributed by atoms with van der Waals surface area (Å²) in [6, 6.07) is 7.99. The highest BCUT2D eigenvalue weighted by molar-refractivity contribution is 7.89. The molecular formula is C23H33ClN8O2S. The highest BCUT2D eigenvalue weighted by Gasteiger charge is 2.33. The number of hydrogen-bond donors (Lipinski definition) is 1. The molecule has 1 aliphatic heterocycles. The molecule has 0 saturated carbocycles. The largest absolute Gasteiger partial charge is 0.369 e. The number of anilines is 1. The second-order valence-electron chi connectivity index (χ2n) is 9.10. The first-order chi connectivity index (χ1) is 16.7. The normalized spacial score (nSPS) is 15.8. The zero-order chi connectivity index (χ0) is 25.2. The Balaban J connectivity index is 1.44. The van der Waals surface area contributed by atoms with Gasteiger partial charge >= 0.3 is 0 Å². The molecule has 2 aromatic heterocycles. The van der Waals surface area contributed by atoms with Gasteiger partial charge in [0.2, 0.25) is 10.0 Å². The van der Waals surface area contributed by atoms with Gasteiger partial charge in [-0.25, -0.2) is 18.4 Å². The van der Waals surface area contributed by atoms with E-state index in [4.69, 9.17) is 21.6 Å².